The Hall–Kier alpha value is -4.13. The minimum atomic E-state index is -0.704. The van der Waals surface area contributed by atoms with Crippen molar-refractivity contribution in [1.29, 1.82) is 5.41 Å². The molecule has 0 radical (unpaired) electrons. The molecule has 0 aromatic heterocycles. The highest BCUT2D eigenvalue weighted by molar-refractivity contribution is 6.08. The van der Waals surface area contributed by atoms with Gasteiger partial charge in [0.2, 0.25) is 0 Å². The maximum Gasteiger partial charge on any atom is 0.319 e. The van der Waals surface area contributed by atoms with Crippen molar-refractivity contribution in [2.24, 2.45) is 0 Å². The molecule has 0 fully saturated rings. The number of anilines is 3. The number of fused-ring (bicyclic) bond motifs is 1. The number of hydrogen-bond acceptors (Lipinski definition) is 3. The molecule has 7 nitrogen and oxygen atoms in total. The number of amidine groups is 1. The van der Waals surface area contributed by atoms with Crippen molar-refractivity contribution in [1.82, 2.24) is 10.2 Å². The molecule has 1 heterocycles. The van der Waals surface area contributed by atoms with Gasteiger partial charge in [-0.2, -0.15) is 0 Å². The predicted molar refractivity (Wildman–Crippen MR) is 131 cm³/mol. The first-order valence-corrected chi connectivity index (χ1v) is 10.8. The van der Waals surface area contributed by atoms with Crippen LogP contribution in [0.25, 0.3) is 0 Å². The van der Waals surface area contributed by atoms with Crippen LogP contribution in [0.3, 0.4) is 0 Å². The molecule has 0 saturated carbocycles. The lowest BCUT2D eigenvalue weighted by Gasteiger charge is -2.34. The lowest BCUT2D eigenvalue weighted by Crippen LogP contribution is -2.52. The van der Waals surface area contributed by atoms with E-state index in [0.717, 1.165) is 22.4 Å². The van der Waals surface area contributed by atoms with Crippen molar-refractivity contribution >= 4 is 34.8 Å². The first kappa shape index (κ1) is 22.1. The molecule has 4 rings (SSSR count). The smallest absolute Gasteiger partial charge is 0.319 e. The second kappa shape index (κ2) is 9.16. The number of aryl methyl sites for hydroxylation is 1. The van der Waals surface area contributed by atoms with E-state index in [0.29, 0.717) is 23.6 Å². The number of hydrogen-bond donors (Lipinski definition) is 3. The molecule has 168 valence electrons. The van der Waals surface area contributed by atoms with Crippen LogP contribution in [0.1, 0.15) is 16.7 Å². The molecule has 3 amide bonds. The molecule has 3 aromatic rings. The van der Waals surface area contributed by atoms with Crippen molar-refractivity contribution in [3.05, 3.63) is 89.5 Å². The first-order chi connectivity index (χ1) is 15.8. The Bertz CT molecular complexity index is 1190. The number of para-hydroxylation sites is 1. The zero-order chi connectivity index (χ0) is 23.5. The van der Waals surface area contributed by atoms with E-state index in [9.17, 15) is 9.59 Å². The number of nitrogens with one attached hydrogen (secondary N) is 3. The van der Waals surface area contributed by atoms with Crippen LogP contribution in [-0.4, -0.2) is 42.8 Å². The quantitative estimate of drug-likeness (QED) is 0.417. The maximum atomic E-state index is 13.5. The minimum Gasteiger partial charge on any atom is -0.363 e. The summed E-state index contributed by atoms with van der Waals surface area (Å²) in [5.74, 6) is 0.183. The van der Waals surface area contributed by atoms with Gasteiger partial charge >= 0.3 is 6.03 Å². The number of nitrogens with zero attached hydrogens (tertiary/aromatic N) is 2. The molecule has 33 heavy (non-hydrogen) atoms. The molecular weight excluding hydrogens is 414 g/mol. The van der Waals surface area contributed by atoms with Gasteiger partial charge in [-0.3, -0.25) is 15.1 Å². The van der Waals surface area contributed by atoms with Gasteiger partial charge in [-0.05, 0) is 55.0 Å². The summed E-state index contributed by atoms with van der Waals surface area (Å²) in [5, 5.41) is 13.8. The van der Waals surface area contributed by atoms with E-state index in [1.165, 1.54) is 0 Å². The average molecular weight is 442 g/mol. The van der Waals surface area contributed by atoms with E-state index in [2.05, 4.69) is 10.6 Å². The Morgan fingerprint density at radius 1 is 1.00 bits per heavy atom. The minimum absolute atomic E-state index is 0.205. The predicted octanol–water partition coefficient (Wildman–Crippen LogP) is 4.29. The molecule has 3 aromatic carbocycles. The van der Waals surface area contributed by atoms with E-state index in [1.807, 2.05) is 93.8 Å². The van der Waals surface area contributed by atoms with Crippen LogP contribution in [0.4, 0.5) is 21.9 Å². The zero-order valence-corrected chi connectivity index (χ0v) is 18.9. The van der Waals surface area contributed by atoms with Crippen LogP contribution in [0, 0.1) is 12.3 Å². The van der Waals surface area contributed by atoms with E-state index in [1.54, 1.807) is 9.80 Å². The Morgan fingerprint density at radius 2 is 1.67 bits per heavy atom. The topological polar surface area (TPSA) is 88.5 Å². The monoisotopic (exact) mass is 441 g/mol. The molecule has 1 aliphatic rings. The summed E-state index contributed by atoms with van der Waals surface area (Å²) >= 11 is 0. The summed E-state index contributed by atoms with van der Waals surface area (Å²) in [6.07, 6.45) is 0.413. The zero-order valence-electron chi connectivity index (χ0n) is 18.9. The SMILES string of the molecule is Cc1ccc(NC(=O)NC2Cc3ccccc3N(c3ccc(C(=N)N(C)C)cc3)C2=O)cc1. The van der Waals surface area contributed by atoms with Gasteiger partial charge in [0.25, 0.3) is 5.91 Å². The Balaban J connectivity index is 1.58. The third kappa shape index (κ3) is 4.72. The third-order valence-corrected chi connectivity index (χ3v) is 5.64. The average Bonchev–Trinajstić information content (AvgIpc) is 2.81. The highest BCUT2D eigenvalue weighted by atomic mass is 16.2. The lowest BCUT2D eigenvalue weighted by atomic mass is 9.96. The van der Waals surface area contributed by atoms with Crippen molar-refractivity contribution in [2.45, 2.75) is 19.4 Å². The summed E-state index contributed by atoms with van der Waals surface area (Å²) in [4.78, 5) is 29.5. The maximum absolute atomic E-state index is 13.5. The van der Waals surface area contributed by atoms with Gasteiger partial charge in [0.05, 0.1) is 5.69 Å². The molecule has 7 heteroatoms. The van der Waals surface area contributed by atoms with E-state index in [4.69, 9.17) is 5.41 Å². The van der Waals surface area contributed by atoms with Gasteiger partial charge in [0, 0.05) is 37.5 Å². The highest BCUT2D eigenvalue weighted by Crippen LogP contribution is 2.34. The fourth-order valence-corrected chi connectivity index (χ4v) is 3.85. The van der Waals surface area contributed by atoms with Gasteiger partial charge < -0.3 is 15.5 Å². The number of amides is 3. The lowest BCUT2D eigenvalue weighted by molar-refractivity contribution is -0.119. The molecule has 0 bridgehead atoms. The van der Waals surface area contributed by atoms with Gasteiger partial charge in [-0.1, -0.05) is 35.9 Å². The van der Waals surface area contributed by atoms with Crippen LogP contribution in [0.2, 0.25) is 0 Å². The van der Waals surface area contributed by atoms with Gasteiger partial charge in [0.15, 0.2) is 0 Å². The van der Waals surface area contributed by atoms with Gasteiger partial charge in [-0.15, -0.1) is 0 Å². The number of carbonyl (C=O) groups excluding carboxylic acids is 2. The third-order valence-electron chi connectivity index (χ3n) is 5.64. The van der Waals surface area contributed by atoms with Crippen molar-refractivity contribution in [3.8, 4) is 0 Å². The summed E-state index contributed by atoms with van der Waals surface area (Å²) in [6.45, 7) is 1.98. The molecule has 0 aliphatic carbocycles. The Labute approximate surface area is 193 Å². The van der Waals surface area contributed by atoms with Crippen molar-refractivity contribution in [2.75, 3.05) is 24.3 Å². The Morgan fingerprint density at radius 3 is 2.33 bits per heavy atom. The van der Waals surface area contributed by atoms with Crippen molar-refractivity contribution < 1.29 is 9.59 Å². The van der Waals surface area contributed by atoms with Crippen LogP contribution < -0.4 is 15.5 Å². The summed E-state index contributed by atoms with van der Waals surface area (Å²) in [7, 11) is 3.64. The molecule has 3 N–H and O–H groups in total. The summed E-state index contributed by atoms with van der Waals surface area (Å²) < 4.78 is 0. The second-order valence-electron chi connectivity index (χ2n) is 8.31. The highest BCUT2D eigenvalue weighted by Gasteiger charge is 2.34. The molecule has 0 saturated heterocycles. The standard InChI is InChI=1S/C26H27N5O2/c1-17-8-12-20(13-9-17)28-26(33)29-22-16-19-6-4-5-7-23(19)31(25(22)32)21-14-10-18(11-15-21)24(27)30(2)3/h4-15,22,27H,16H2,1-3H3,(H2,28,29,33). The van der Waals surface area contributed by atoms with Crippen LogP contribution in [-0.2, 0) is 11.2 Å². The van der Waals surface area contributed by atoms with Gasteiger partial charge in [-0.25, -0.2) is 4.79 Å². The fourth-order valence-electron chi connectivity index (χ4n) is 3.85. The normalized spacial score (nSPS) is 14.9. The molecule has 1 aliphatic heterocycles. The number of carbonyl (C=O) groups is 2. The fraction of sp³-hybridized carbons (Fsp3) is 0.192. The van der Waals surface area contributed by atoms with E-state index < -0.39 is 12.1 Å². The Kier molecular flexibility index (Phi) is 6.13. The largest absolute Gasteiger partial charge is 0.363 e. The van der Waals surface area contributed by atoms with E-state index in [-0.39, 0.29) is 5.91 Å². The summed E-state index contributed by atoms with van der Waals surface area (Å²) in [6, 6.07) is 21.4. The number of urea groups is 1. The van der Waals surface area contributed by atoms with Crippen LogP contribution >= 0.6 is 0 Å². The van der Waals surface area contributed by atoms with Crippen LogP contribution in [0.5, 0.6) is 0 Å². The van der Waals surface area contributed by atoms with Crippen LogP contribution in [0.15, 0.2) is 72.8 Å². The number of benzene rings is 3. The molecule has 1 unspecified atom stereocenters. The molecule has 1 atom stereocenters. The molecule has 0 spiro atoms. The first-order valence-electron chi connectivity index (χ1n) is 10.8. The van der Waals surface area contributed by atoms with Crippen molar-refractivity contribution in [3.63, 3.8) is 0 Å². The summed E-state index contributed by atoms with van der Waals surface area (Å²) in [5.41, 5.74) is 4.99. The van der Waals surface area contributed by atoms with Gasteiger partial charge in [0.1, 0.15) is 11.9 Å². The number of rotatable bonds is 4. The van der Waals surface area contributed by atoms with E-state index >= 15 is 0 Å². The second-order valence-corrected chi connectivity index (χ2v) is 8.31. The molecular formula is C26H27N5O2.